The van der Waals surface area contributed by atoms with Gasteiger partial charge in [-0.05, 0) is 77.7 Å². The zero-order valence-electron chi connectivity index (χ0n) is 21.7. The molecular formula is C29H24O6S5. The SMILES string of the molecule is Cc1cc(-c2ccc(-c3cc(CC(=O)O)c(-c4ccc(S(C)(=O)=O)cc4)s3)s2)sc1-c1ccc(S(C)(=O)=O)cc1. The van der Waals surface area contributed by atoms with Crippen molar-refractivity contribution >= 4 is 59.7 Å². The van der Waals surface area contributed by atoms with Gasteiger partial charge in [0.2, 0.25) is 0 Å². The van der Waals surface area contributed by atoms with Crippen LogP contribution in [0.5, 0.6) is 0 Å². The highest BCUT2D eigenvalue weighted by Gasteiger charge is 2.18. The Morgan fingerprint density at radius 3 is 1.57 bits per heavy atom. The molecule has 0 saturated carbocycles. The van der Waals surface area contributed by atoms with E-state index in [9.17, 15) is 26.7 Å². The van der Waals surface area contributed by atoms with Gasteiger partial charge in [-0.1, -0.05) is 24.3 Å². The third-order valence-electron chi connectivity index (χ3n) is 6.25. The fraction of sp³-hybridized carbons (Fsp3) is 0.138. The number of carbonyl (C=O) groups is 1. The van der Waals surface area contributed by atoms with Crippen molar-refractivity contribution < 1.29 is 26.7 Å². The summed E-state index contributed by atoms with van der Waals surface area (Å²) in [4.78, 5) is 18.1. The smallest absolute Gasteiger partial charge is 0.307 e. The van der Waals surface area contributed by atoms with Crippen LogP contribution in [0.3, 0.4) is 0 Å². The molecule has 0 aliphatic heterocycles. The number of aliphatic carboxylic acids is 1. The topological polar surface area (TPSA) is 106 Å². The van der Waals surface area contributed by atoms with Gasteiger partial charge < -0.3 is 5.11 Å². The minimum absolute atomic E-state index is 0.135. The molecule has 11 heteroatoms. The minimum atomic E-state index is -3.33. The summed E-state index contributed by atoms with van der Waals surface area (Å²) in [6.07, 6.45) is 2.21. The predicted octanol–water partition coefficient (Wildman–Crippen LogP) is 7.28. The lowest BCUT2D eigenvalue weighted by Crippen LogP contribution is -2.00. The number of aryl methyl sites for hydroxylation is 1. The monoisotopic (exact) mass is 628 g/mol. The number of rotatable bonds is 8. The highest BCUT2D eigenvalue weighted by Crippen LogP contribution is 2.45. The first-order chi connectivity index (χ1) is 18.8. The molecule has 6 nitrogen and oxygen atoms in total. The van der Waals surface area contributed by atoms with Crippen LogP contribution in [0.15, 0.2) is 82.6 Å². The molecule has 3 heterocycles. The molecule has 40 heavy (non-hydrogen) atoms. The van der Waals surface area contributed by atoms with Crippen LogP contribution in [0.25, 0.3) is 40.4 Å². The second-order valence-corrected chi connectivity index (χ2v) is 16.6. The molecule has 0 amide bonds. The second-order valence-electron chi connectivity index (χ2n) is 9.42. The third kappa shape index (κ3) is 5.98. The molecule has 0 radical (unpaired) electrons. The minimum Gasteiger partial charge on any atom is -0.481 e. The number of carboxylic acid groups (broad SMARTS) is 1. The Hall–Kier alpha value is -3.09. The second kappa shape index (κ2) is 10.7. The van der Waals surface area contributed by atoms with E-state index in [0.29, 0.717) is 5.56 Å². The first kappa shape index (κ1) is 28.4. The van der Waals surface area contributed by atoms with E-state index < -0.39 is 25.6 Å². The zero-order chi connectivity index (χ0) is 28.8. The molecule has 5 aromatic rings. The van der Waals surface area contributed by atoms with Gasteiger partial charge in [-0.15, -0.1) is 34.0 Å². The Bertz CT molecular complexity index is 1940. The summed E-state index contributed by atoms with van der Waals surface area (Å²) in [6.45, 7) is 2.03. The highest BCUT2D eigenvalue weighted by molar-refractivity contribution is 7.91. The Labute approximate surface area is 245 Å². The maximum atomic E-state index is 11.9. The van der Waals surface area contributed by atoms with Crippen molar-refractivity contribution in [3.05, 3.63) is 83.9 Å². The molecule has 0 fully saturated rings. The molecule has 0 unspecified atom stereocenters. The van der Waals surface area contributed by atoms with E-state index in [4.69, 9.17) is 0 Å². The summed E-state index contributed by atoms with van der Waals surface area (Å²) >= 11 is 4.75. The van der Waals surface area contributed by atoms with Crippen molar-refractivity contribution in [1.82, 2.24) is 0 Å². The zero-order valence-corrected chi connectivity index (χ0v) is 25.7. The third-order valence-corrected chi connectivity index (χ3v) is 12.5. The summed E-state index contributed by atoms with van der Waals surface area (Å²) in [6, 6.07) is 21.6. The number of benzene rings is 2. The van der Waals surface area contributed by atoms with E-state index in [1.54, 1.807) is 59.1 Å². The number of hydrogen-bond acceptors (Lipinski definition) is 8. The maximum absolute atomic E-state index is 11.9. The van der Waals surface area contributed by atoms with E-state index in [1.807, 2.05) is 31.2 Å². The molecule has 206 valence electrons. The van der Waals surface area contributed by atoms with Gasteiger partial charge >= 0.3 is 5.97 Å². The lowest BCUT2D eigenvalue weighted by Gasteiger charge is -2.03. The normalized spacial score (nSPS) is 12.1. The van der Waals surface area contributed by atoms with Gasteiger partial charge in [0.05, 0.1) is 16.2 Å². The van der Waals surface area contributed by atoms with Crippen LogP contribution in [-0.4, -0.2) is 40.4 Å². The molecule has 0 bridgehead atoms. The fourth-order valence-corrected chi connectivity index (χ4v) is 9.08. The van der Waals surface area contributed by atoms with Gasteiger partial charge in [0.1, 0.15) is 0 Å². The van der Waals surface area contributed by atoms with E-state index in [1.165, 1.54) is 17.6 Å². The number of hydrogen-bond donors (Lipinski definition) is 1. The van der Waals surface area contributed by atoms with Crippen LogP contribution in [-0.2, 0) is 30.9 Å². The maximum Gasteiger partial charge on any atom is 0.307 e. The van der Waals surface area contributed by atoms with Crippen molar-refractivity contribution in [3.63, 3.8) is 0 Å². The average molecular weight is 629 g/mol. The standard InChI is InChI=1S/C29H24O6S5/c1-17-14-25(37-28(17)18-4-8-21(9-5-18)39(2,32)33)23-12-13-24(36-23)26-15-20(16-27(30)31)29(38-26)19-6-10-22(11-7-19)40(3,34)35/h4-15H,16H2,1-3H3,(H,30,31). The van der Waals surface area contributed by atoms with Gasteiger partial charge in [-0.25, -0.2) is 16.8 Å². The molecular weight excluding hydrogens is 605 g/mol. The van der Waals surface area contributed by atoms with E-state index >= 15 is 0 Å². The molecule has 0 spiro atoms. The molecule has 0 saturated heterocycles. The summed E-state index contributed by atoms with van der Waals surface area (Å²) in [5, 5.41) is 9.50. The lowest BCUT2D eigenvalue weighted by atomic mass is 10.1. The van der Waals surface area contributed by atoms with Crippen LogP contribution in [0, 0.1) is 6.92 Å². The van der Waals surface area contributed by atoms with Crippen LogP contribution >= 0.6 is 34.0 Å². The largest absolute Gasteiger partial charge is 0.481 e. The summed E-state index contributed by atoms with van der Waals surface area (Å²) in [7, 11) is -6.59. The van der Waals surface area contributed by atoms with Crippen molar-refractivity contribution in [2.75, 3.05) is 12.5 Å². The van der Waals surface area contributed by atoms with Gasteiger partial charge in [-0.3, -0.25) is 4.79 Å². The Morgan fingerprint density at radius 1 is 0.650 bits per heavy atom. The van der Waals surface area contributed by atoms with Crippen molar-refractivity contribution in [2.45, 2.75) is 23.1 Å². The van der Waals surface area contributed by atoms with Crippen molar-refractivity contribution in [2.24, 2.45) is 0 Å². The number of carboxylic acids is 1. The molecule has 1 N–H and O–H groups in total. The van der Waals surface area contributed by atoms with Crippen LogP contribution in [0.1, 0.15) is 11.1 Å². The quantitative estimate of drug-likeness (QED) is 0.194. The fourth-order valence-electron chi connectivity index (χ4n) is 4.29. The summed E-state index contributed by atoms with van der Waals surface area (Å²) in [5.41, 5.74) is 3.52. The summed E-state index contributed by atoms with van der Waals surface area (Å²) in [5.74, 6) is -0.934. The van der Waals surface area contributed by atoms with Crippen LogP contribution < -0.4 is 0 Å². The van der Waals surface area contributed by atoms with E-state index in [0.717, 1.165) is 52.2 Å². The average Bonchev–Trinajstić information content (AvgIpc) is 3.61. The molecule has 3 aromatic heterocycles. The van der Waals surface area contributed by atoms with Crippen LogP contribution in [0.4, 0.5) is 0 Å². The van der Waals surface area contributed by atoms with Crippen LogP contribution in [0.2, 0.25) is 0 Å². The molecule has 5 rings (SSSR count). The van der Waals surface area contributed by atoms with Crippen molar-refractivity contribution in [1.29, 1.82) is 0 Å². The van der Waals surface area contributed by atoms with Gasteiger partial charge in [0, 0.05) is 41.8 Å². The van der Waals surface area contributed by atoms with Gasteiger partial charge in [0.25, 0.3) is 0 Å². The van der Waals surface area contributed by atoms with Crippen molar-refractivity contribution in [3.8, 4) is 40.4 Å². The first-order valence-electron chi connectivity index (χ1n) is 12.0. The summed E-state index contributed by atoms with van der Waals surface area (Å²) < 4.78 is 47.3. The van der Waals surface area contributed by atoms with Gasteiger partial charge in [-0.2, -0.15) is 0 Å². The van der Waals surface area contributed by atoms with E-state index in [-0.39, 0.29) is 16.2 Å². The highest BCUT2D eigenvalue weighted by atomic mass is 32.2. The number of sulfone groups is 2. The van der Waals surface area contributed by atoms with E-state index in [2.05, 4.69) is 12.1 Å². The molecule has 0 atom stereocenters. The Balaban J connectivity index is 1.47. The first-order valence-corrected chi connectivity index (χ1v) is 18.2. The molecule has 0 aliphatic rings. The number of thiophene rings is 3. The lowest BCUT2D eigenvalue weighted by molar-refractivity contribution is -0.136. The molecule has 2 aromatic carbocycles. The molecule has 0 aliphatic carbocycles. The predicted molar refractivity (Wildman–Crippen MR) is 164 cm³/mol. The Kier molecular flexibility index (Phi) is 7.62. The Morgan fingerprint density at radius 2 is 1.10 bits per heavy atom. The van der Waals surface area contributed by atoms with Gasteiger partial charge in [0.15, 0.2) is 19.7 Å².